The number of piperidine rings is 1. The molecule has 0 saturated carbocycles. The Balaban J connectivity index is 0.000000286. The molecule has 2 aromatic rings. The molecule has 1 spiro atoms. The van der Waals surface area contributed by atoms with Crippen molar-refractivity contribution in [2.75, 3.05) is 33.9 Å². The first-order chi connectivity index (χ1) is 17.3. The first kappa shape index (κ1) is 25.8. The Morgan fingerprint density at radius 1 is 1.22 bits per heavy atom. The highest BCUT2D eigenvalue weighted by Gasteiger charge is 2.54. The highest BCUT2D eigenvalue weighted by atomic mass is 16.5. The number of hydrogen-bond donors (Lipinski definition) is 1. The van der Waals surface area contributed by atoms with Crippen molar-refractivity contribution in [3.05, 3.63) is 52.5 Å². The molecule has 9 heteroatoms. The third-order valence-corrected chi connectivity index (χ3v) is 7.52. The minimum Gasteiger partial charge on any atom is -0.497 e. The molecular formula is C27H37N5O4. The second-order valence-corrected chi connectivity index (χ2v) is 9.60. The number of aromatic nitrogens is 2. The van der Waals surface area contributed by atoms with Gasteiger partial charge in [0.1, 0.15) is 11.5 Å². The molecule has 36 heavy (non-hydrogen) atoms. The van der Waals surface area contributed by atoms with Crippen LogP contribution in [0.15, 0.2) is 30.1 Å². The zero-order valence-electron chi connectivity index (χ0n) is 22.1. The predicted molar refractivity (Wildman–Crippen MR) is 138 cm³/mol. The van der Waals surface area contributed by atoms with Gasteiger partial charge in [0.2, 0.25) is 0 Å². The maximum atomic E-state index is 13.4. The number of amides is 2. The van der Waals surface area contributed by atoms with Gasteiger partial charge in [0.15, 0.2) is 6.29 Å². The lowest BCUT2D eigenvalue weighted by Gasteiger charge is -2.41. The molecule has 1 aromatic carbocycles. The Labute approximate surface area is 213 Å². The van der Waals surface area contributed by atoms with Gasteiger partial charge in [-0.15, -0.1) is 0 Å². The predicted octanol–water partition coefficient (Wildman–Crippen LogP) is 3.63. The lowest BCUT2D eigenvalue weighted by molar-refractivity contribution is 0.112. The largest absolute Gasteiger partial charge is 0.497 e. The van der Waals surface area contributed by atoms with Crippen molar-refractivity contribution in [1.82, 2.24) is 24.9 Å². The lowest BCUT2D eigenvalue weighted by Crippen LogP contribution is -2.52. The van der Waals surface area contributed by atoms with Gasteiger partial charge in [0.25, 0.3) is 0 Å². The Morgan fingerprint density at radius 2 is 1.94 bits per heavy atom. The number of aryl methyl sites for hydroxylation is 2. The zero-order valence-corrected chi connectivity index (χ0v) is 22.1. The molecule has 3 aliphatic rings. The Morgan fingerprint density at radius 3 is 2.47 bits per heavy atom. The van der Waals surface area contributed by atoms with Gasteiger partial charge in [-0.3, -0.25) is 14.4 Å². The summed E-state index contributed by atoms with van der Waals surface area (Å²) in [4.78, 5) is 27.6. The Bertz CT molecular complexity index is 1170. The number of nitrogens with one attached hydrogen (secondary N) is 1. The molecule has 0 radical (unpaired) electrons. The summed E-state index contributed by atoms with van der Waals surface area (Å²) in [6, 6.07) is 4.10. The third kappa shape index (κ3) is 4.36. The van der Waals surface area contributed by atoms with E-state index in [1.807, 2.05) is 24.0 Å². The van der Waals surface area contributed by atoms with E-state index in [0.717, 1.165) is 67.1 Å². The molecular weight excluding hydrogens is 458 g/mol. The summed E-state index contributed by atoms with van der Waals surface area (Å²) in [6.45, 7) is 9.25. The van der Waals surface area contributed by atoms with Crippen molar-refractivity contribution in [1.29, 1.82) is 0 Å². The van der Waals surface area contributed by atoms with E-state index >= 15 is 0 Å². The number of hydrogen-bond acceptors (Lipinski definition) is 6. The number of urea groups is 1. The van der Waals surface area contributed by atoms with Crippen molar-refractivity contribution in [3.8, 4) is 11.5 Å². The molecule has 9 nitrogen and oxygen atoms in total. The van der Waals surface area contributed by atoms with E-state index in [-0.39, 0.29) is 17.5 Å². The molecule has 1 atom stereocenters. The smallest absolute Gasteiger partial charge is 0.325 e. The van der Waals surface area contributed by atoms with Crippen molar-refractivity contribution >= 4 is 12.3 Å². The molecule has 2 saturated heterocycles. The lowest BCUT2D eigenvalue weighted by atomic mass is 9.82. The third-order valence-electron chi connectivity index (χ3n) is 7.52. The summed E-state index contributed by atoms with van der Waals surface area (Å²) in [7, 11) is 5.15. The van der Waals surface area contributed by atoms with E-state index < -0.39 is 0 Å². The molecule has 0 unspecified atom stereocenters. The summed E-state index contributed by atoms with van der Waals surface area (Å²) in [5, 5.41) is 7.42. The van der Waals surface area contributed by atoms with Crippen LogP contribution in [0, 0.1) is 6.92 Å². The molecule has 0 aliphatic carbocycles. The van der Waals surface area contributed by atoms with Crippen LogP contribution in [0.25, 0.3) is 0 Å². The molecule has 194 valence electrons. The van der Waals surface area contributed by atoms with Crippen LogP contribution in [0.1, 0.15) is 59.8 Å². The monoisotopic (exact) mass is 495 g/mol. The normalized spacial score (nSPS) is 20.1. The standard InChI is InChI=1S/C21H29N3O3.C6H8N2O/c1-5-24-20(25)23-13-15-11-16(26-3)12-17(27-4)19(15)14(2)10-18(23)21(24)6-8-22-9-7-21;1-5-6(4-9)3-8(2)7-5/h10-12,14,22H,5-9,13H2,1-4H3;3-4H,1-2H3/t14-;/m0./s1. The van der Waals surface area contributed by atoms with Crippen LogP contribution in [-0.2, 0) is 13.6 Å². The molecule has 1 N–H and O–H groups in total. The Hall–Kier alpha value is -3.33. The minimum atomic E-state index is -0.190. The number of likely N-dealkylation sites (N-methyl/N-ethyl adjacent to an activating group) is 1. The van der Waals surface area contributed by atoms with Crippen LogP contribution in [-0.4, -0.2) is 71.3 Å². The number of nitrogens with zero attached hydrogens (tertiary/aromatic N) is 4. The van der Waals surface area contributed by atoms with Crippen molar-refractivity contribution in [3.63, 3.8) is 0 Å². The van der Waals surface area contributed by atoms with Gasteiger partial charge in [0.05, 0.1) is 37.6 Å². The summed E-state index contributed by atoms with van der Waals surface area (Å²) < 4.78 is 12.8. The SMILES string of the molecule is CCN1C(=O)N2Cc3cc(OC)cc(OC)c3[C@@H](C)C=C2C12CCNCC2.Cc1nn(C)cc1C=O. The van der Waals surface area contributed by atoms with Crippen LogP contribution < -0.4 is 14.8 Å². The molecule has 1 aromatic heterocycles. The maximum Gasteiger partial charge on any atom is 0.325 e. The zero-order chi connectivity index (χ0) is 26.0. The number of fused-ring (bicyclic) bond motifs is 3. The van der Waals surface area contributed by atoms with E-state index in [4.69, 9.17) is 9.47 Å². The summed E-state index contributed by atoms with van der Waals surface area (Å²) in [6.07, 6.45) is 6.71. The van der Waals surface area contributed by atoms with E-state index in [9.17, 15) is 9.59 Å². The van der Waals surface area contributed by atoms with Crippen molar-refractivity contribution in [2.24, 2.45) is 7.05 Å². The second kappa shape index (κ2) is 10.3. The molecule has 0 bridgehead atoms. The van der Waals surface area contributed by atoms with Gasteiger partial charge in [-0.05, 0) is 51.4 Å². The fraction of sp³-hybridized carbons (Fsp3) is 0.519. The van der Waals surface area contributed by atoms with Crippen LogP contribution in [0.2, 0.25) is 0 Å². The topological polar surface area (TPSA) is 88.9 Å². The van der Waals surface area contributed by atoms with E-state index in [2.05, 4.69) is 35.2 Å². The number of methoxy groups -OCH3 is 2. The van der Waals surface area contributed by atoms with Gasteiger partial charge in [-0.2, -0.15) is 5.10 Å². The quantitative estimate of drug-likeness (QED) is 0.652. The summed E-state index contributed by atoms with van der Waals surface area (Å²) in [5.74, 6) is 1.75. The fourth-order valence-corrected chi connectivity index (χ4v) is 5.84. The van der Waals surface area contributed by atoms with Gasteiger partial charge in [-0.1, -0.05) is 13.0 Å². The number of ether oxygens (including phenoxy) is 2. The molecule has 4 heterocycles. The highest BCUT2D eigenvalue weighted by Crippen LogP contribution is 2.48. The van der Waals surface area contributed by atoms with Gasteiger partial charge >= 0.3 is 6.03 Å². The number of allylic oxidation sites excluding steroid dienone is 1. The number of benzene rings is 1. The van der Waals surface area contributed by atoms with Crippen molar-refractivity contribution < 1.29 is 19.1 Å². The molecule has 3 aliphatic heterocycles. The maximum absolute atomic E-state index is 13.4. The number of aldehydes is 1. The summed E-state index contributed by atoms with van der Waals surface area (Å²) >= 11 is 0. The average molecular weight is 496 g/mol. The van der Waals surface area contributed by atoms with Gasteiger partial charge in [-0.25, -0.2) is 4.79 Å². The van der Waals surface area contributed by atoms with E-state index in [1.165, 1.54) is 5.70 Å². The fourth-order valence-electron chi connectivity index (χ4n) is 5.84. The molecule has 2 amide bonds. The first-order valence-electron chi connectivity index (χ1n) is 12.5. The summed E-state index contributed by atoms with van der Waals surface area (Å²) in [5.41, 5.74) is 4.68. The number of carbonyl (C=O) groups is 2. The van der Waals surface area contributed by atoms with E-state index in [1.54, 1.807) is 32.1 Å². The Kier molecular flexibility index (Phi) is 7.40. The van der Waals surface area contributed by atoms with E-state index in [0.29, 0.717) is 12.1 Å². The van der Waals surface area contributed by atoms with Crippen molar-refractivity contribution in [2.45, 2.75) is 51.6 Å². The second-order valence-electron chi connectivity index (χ2n) is 9.60. The number of rotatable bonds is 4. The minimum absolute atomic E-state index is 0.118. The first-order valence-corrected chi connectivity index (χ1v) is 12.5. The van der Waals surface area contributed by atoms with Crippen LogP contribution in [0.5, 0.6) is 11.5 Å². The van der Waals surface area contributed by atoms with Crippen LogP contribution in [0.4, 0.5) is 4.79 Å². The molecule has 5 rings (SSSR count). The highest BCUT2D eigenvalue weighted by molar-refractivity contribution is 5.83. The average Bonchev–Trinajstić information content (AvgIpc) is 3.24. The molecule has 2 fully saturated rings. The van der Waals surface area contributed by atoms with Crippen LogP contribution in [0.3, 0.4) is 0 Å². The number of carbonyl (C=O) groups excluding carboxylic acids is 2. The van der Waals surface area contributed by atoms with Crippen LogP contribution >= 0.6 is 0 Å². The van der Waals surface area contributed by atoms with Gasteiger partial charge < -0.3 is 19.7 Å². The van der Waals surface area contributed by atoms with Gasteiger partial charge in [0, 0.05) is 43.0 Å².